The van der Waals surface area contributed by atoms with Crippen molar-refractivity contribution in [2.75, 3.05) is 11.9 Å². The number of aryl methyl sites for hydroxylation is 2. The summed E-state index contributed by atoms with van der Waals surface area (Å²) in [4.78, 5) is 31.8. The topological polar surface area (TPSA) is 98.5 Å². The summed E-state index contributed by atoms with van der Waals surface area (Å²) in [7, 11) is 1.68. The van der Waals surface area contributed by atoms with Crippen molar-refractivity contribution in [3.8, 4) is 22.8 Å². The summed E-state index contributed by atoms with van der Waals surface area (Å²) < 4.78 is 8.00. The number of fused-ring (bicyclic) bond motifs is 1. The lowest BCUT2D eigenvalue weighted by atomic mass is 10.1. The highest BCUT2D eigenvalue weighted by Gasteiger charge is 2.20. The Morgan fingerprint density at radius 3 is 2.56 bits per heavy atom. The largest absolute Gasteiger partial charge is 0.350 e. The fraction of sp³-hybridized carbons (Fsp3) is 0.160. The van der Waals surface area contributed by atoms with Gasteiger partial charge in [0.2, 0.25) is 11.7 Å². The minimum atomic E-state index is -0.429. The molecule has 5 aromatic rings. The smallest absolute Gasteiger partial charge is 0.333 e. The molecule has 0 radical (unpaired) electrons. The second-order valence-electron chi connectivity index (χ2n) is 8.14. The molecule has 0 N–H and O–H groups in total. The molecule has 170 valence electrons. The van der Waals surface area contributed by atoms with Gasteiger partial charge in [-0.25, -0.2) is 13.9 Å². The van der Waals surface area contributed by atoms with Crippen LogP contribution in [0.4, 0.5) is 5.69 Å². The van der Waals surface area contributed by atoms with E-state index in [9.17, 15) is 9.59 Å². The third-order valence-corrected chi connectivity index (χ3v) is 5.59. The van der Waals surface area contributed by atoms with Gasteiger partial charge in [0.25, 0.3) is 5.89 Å². The van der Waals surface area contributed by atoms with Crippen LogP contribution in [0.1, 0.15) is 11.1 Å². The summed E-state index contributed by atoms with van der Waals surface area (Å²) in [5.41, 5.74) is 4.10. The van der Waals surface area contributed by atoms with E-state index in [1.54, 1.807) is 25.4 Å². The number of benzene rings is 2. The van der Waals surface area contributed by atoms with Gasteiger partial charge in [-0.3, -0.25) is 4.79 Å². The average molecular weight is 454 g/mol. The molecule has 5 rings (SSSR count). The van der Waals surface area contributed by atoms with Crippen LogP contribution in [0.15, 0.2) is 76.2 Å². The Balaban J connectivity index is 1.48. The second kappa shape index (κ2) is 8.43. The highest BCUT2D eigenvalue weighted by Crippen LogP contribution is 2.25. The fourth-order valence-corrected chi connectivity index (χ4v) is 3.76. The average Bonchev–Trinajstić information content (AvgIpc) is 3.44. The molecule has 3 aromatic heterocycles. The molecule has 0 saturated heterocycles. The van der Waals surface area contributed by atoms with E-state index in [0.29, 0.717) is 17.0 Å². The van der Waals surface area contributed by atoms with Crippen LogP contribution in [0, 0.1) is 13.8 Å². The molecule has 9 heteroatoms. The molecule has 0 fully saturated rings. The number of nitrogens with zero attached hydrogens (tertiary/aromatic N) is 6. The maximum Gasteiger partial charge on any atom is 0.350 e. The van der Waals surface area contributed by atoms with Crippen LogP contribution in [0.2, 0.25) is 0 Å². The van der Waals surface area contributed by atoms with Gasteiger partial charge in [-0.1, -0.05) is 41.1 Å². The van der Waals surface area contributed by atoms with Crippen molar-refractivity contribution in [1.82, 2.24) is 24.3 Å². The molecule has 0 atom stereocenters. The Kier molecular flexibility index (Phi) is 5.29. The molecule has 2 aromatic carbocycles. The monoisotopic (exact) mass is 454 g/mol. The fourth-order valence-electron chi connectivity index (χ4n) is 3.76. The lowest BCUT2D eigenvalue weighted by Crippen LogP contribution is -2.34. The minimum Gasteiger partial charge on any atom is -0.333 e. The molecule has 0 aliphatic carbocycles. The molecule has 0 spiro atoms. The molecule has 0 aliphatic heterocycles. The number of aromatic nitrogens is 5. The van der Waals surface area contributed by atoms with E-state index in [4.69, 9.17) is 4.52 Å². The van der Waals surface area contributed by atoms with E-state index in [-0.39, 0.29) is 18.3 Å². The van der Waals surface area contributed by atoms with E-state index in [1.807, 2.05) is 62.4 Å². The van der Waals surface area contributed by atoms with Gasteiger partial charge in [0, 0.05) is 24.5 Å². The van der Waals surface area contributed by atoms with Crippen molar-refractivity contribution in [2.24, 2.45) is 0 Å². The first-order valence-electron chi connectivity index (χ1n) is 10.7. The molecule has 1 amide bonds. The molecular formula is C25H22N6O3. The maximum absolute atomic E-state index is 13.0. The molecule has 9 nitrogen and oxygen atoms in total. The van der Waals surface area contributed by atoms with Crippen LogP contribution in [-0.2, 0) is 11.3 Å². The van der Waals surface area contributed by atoms with Gasteiger partial charge in [0.1, 0.15) is 6.54 Å². The lowest BCUT2D eigenvalue weighted by Gasteiger charge is -2.17. The van der Waals surface area contributed by atoms with Gasteiger partial charge >= 0.3 is 5.69 Å². The van der Waals surface area contributed by atoms with Gasteiger partial charge in [-0.05, 0) is 49.7 Å². The van der Waals surface area contributed by atoms with Gasteiger partial charge in [-0.2, -0.15) is 4.98 Å². The van der Waals surface area contributed by atoms with Crippen molar-refractivity contribution < 1.29 is 9.32 Å². The maximum atomic E-state index is 13.0. The van der Waals surface area contributed by atoms with E-state index < -0.39 is 5.69 Å². The number of amides is 1. The zero-order valence-electron chi connectivity index (χ0n) is 19.0. The molecule has 0 unspecified atom stereocenters. The molecule has 0 aliphatic rings. The minimum absolute atomic E-state index is 0.206. The molecule has 0 saturated carbocycles. The van der Waals surface area contributed by atoms with Crippen molar-refractivity contribution >= 4 is 17.2 Å². The predicted molar refractivity (Wildman–Crippen MR) is 128 cm³/mol. The standard InChI is InChI=1S/C25H22N6O3/c1-16-7-4-9-18(13-16)22-26-24(34-28-22)20-11-6-12-30-23(20)27-31(25(30)33)15-21(32)29(3)19-10-5-8-17(2)14-19/h4-14H,15H2,1-3H3. The van der Waals surface area contributed by atoms with Crippen LogP contribution in [-0.4, -0.2) is 37.3 Å². The summed E-state index contributed by atoms with van der Waals surface area (Å²) in [6, 6.07) is 18.8. The number of hydrogen-bond acceptors (Lipinski definition) is 6. The number of likely N-dealkylation sites (N-methyl/N-ethyl adjacent to an activating group) is 1. The Labute approximate surface area is 194 Å². The molecule has 3 heterocycles. The number of hydrogen-bond donors (Lipinski definition) is 0. The van der Waals surface area contributed by atoms with Crippen LogP contribution in [0.5, 0.6) is 0 Å². The molecule has 34 heavy (non-hydrogen) atoms. The third-order valence-electron chi connectivity index (χ3n) is 5.59. The first kappa shape index (κ1) is 21.3. The Hall–Kier alpha value is -4.53. The van der Waals surface area contributed by atoms with Crippen molar-refractivity contribution in [3.05, 3.63) is 88.5 Å². The first-order chi connectivity index (χ1) is 16.4. The number of carbonyl (C=O) groups excluding carboxylic acids is 1. The van der Waals surface area contributed by atoms with Gasteiger partial charge < -0.3 is 9.42 Å². The third kappa shape index (κ3) is 3.88. The summed E-state index contributed by atoms with van der Waals surface area (Å²) in [5, 5.41) is 8.49. The highest BCUT2D eigenvalue weighted by molar-refractivity contribution is 5.92. The molecular weight excluding hydrogens is 432 g/mol. The Morgan fingerprint density at radius 1 is 1.03 bits per heavy atom. The summed E-state index contributed by atoms with van der Waals surface area (Å²) in [5.74, 6) is 0.414. The first-order valence-corrected chi connectivity index (χ1v) is 10.7. The predicted octanol–water partition coefficient (Wildman–Crippen LogP) is 3.49. The van der Waals surface area contributed by atoms with E-state index in [0.717, 1.165) is 27.1 Å². The summed E-state index contributed by atoms with van der Waals surface area (Å²) in [6.45, 7) is 3.74. The molecule has 0 bridgehead atoms. The van der Waals surface area contributed by atoms with Crippen molar-refractivity contribution in [3.63, 3.8) is 0 Å². The lowest BCUT2D eigenvalue weighted by molar-refractivity contribution is -0.119. The van der Waals surface area contributed by atoms with Crippen LogP contribution in [0.3, 0.4) is 0 Å². The summed E-state index contributed by atoms with van der Waals surface area (Å²) >= 11 is 0. The van der Waals surface area contributed by atoms with Crippen LogP contribution < -0.4 is 10.6 Å². The zero-order valence-corrected chi connectivity index (χ0v) is 19.0. The van der Waals surface area contributed by atoms with Gasteiger partial charge in [0.05, 0.1) is 5.56 Å². The van der Waals surface area contributed by atoms with Crippen molar-refractivity contribution in [1.29, 1.82) is 0 Å². The van der Waals surface area contributed by atoms with Crippen LogP contribution >= 0.6 is 0 Å². The number of anilines is 1. The normalized spacial score (nSPS) is 11.1. The number of rotatable bonds is 5. The summed E-state index contributed by atoms with van der Waals surface area (Å²) in [6.07, 6.45) is 1.59. The zero-order chi connectivity index (χ0) is 23.8. The van der Waals surface area contributed by atoms with E-state index >= 15 is 0 Å². The van der Waals surface area contributed by atoms with Gasteiger partial charge in [0.15, 0.2) is 5.65 Å². The quantitative estimate of drug-likeness (QED) is 0.403. The SMILES string of the molecule is Cc1cccc(-c2noc(-c3cccn4c(=O)n(CC(=O)N(C)c5cccc(C)c5)nc34)n2)c1. The number of carbonyl (C=O) groups is 1. The van der Waals surface area contributed by atoms with Gasteiger partial charge in [-0.15, -0.1) is 5.10 Å². The highest BCUT2D eigenvalue weighted by atomic mass is 16.5. The van der Waals surface area contributed by atoms with Crippen LogP contribution in [0.25, 0.3) is 28.5 Å². The van der Waals surface area contributed by atoms with E-state index in [2.05, 4.69) is 15.2 Å². The van der Waals surface area contributed by atoms with E-state index in [1.165, 1.54) is 9.30 Å². The Morgan fingerprint density at radius 2 is 1.79 bits per heavy atom. The number of pyridine rings is 1. The Bertz CT molecular complexity index is 1580. The van der Waals surface area contributed by atoms with Crippen molar-refractivity contribution in [2.45, 2.75) is 20.4 Å². The second-order valence-corrected chi connectivity index (χ2v) is 8.14.